The molecule has 0 amide bonds. The molecule has 2 heteroatoms. The molecule has 1 aliphatic heterocycles. The van der Waals surface area contributed by atoms with Crippen molar-refractivity contribution in [1.82, 2.24) is 9.80 Å². The molecule has 0 radical (unpaired) electrons. The molecular formula is C18H36N2. The van der Waals surface area contributed by atoms with Gasteiger partial charge in [0.2, 0.25) is 0 Å². The standard InChI is InChI=1S/C18H36N2/c1-4-6-7-8-9-10-11-12-13-14-15-20-17-16-19(5-2)18(20)3/h16-18H,4-15H2,1-3H3. The highest BCUT2D eigenvalue weighted by Gasteiger charge is 2.19. The van der Waals surface area contributed by atoms with Crippen LogP contribution in [0.5, 0.6) is 0 Å². The van der Waals surface area contributed by atoms with Gasteiger partial charge >= 0.3 is 0 Å². The van der Waals surface area contributed by atoms with Gasteiger partial charge in [-0.15, -0.1) is 0 Å². The fourth-order valence-corrected chi connectivity index (χ4v) is 3.02. The van der Waals surface area contributed by atoms with Crippen molar-refractivity contribution in [3.63, 3.8) is 0 Å². The van der Waals surface area contributed by atoms with Gasteiger partial charge in [0.15, 0.2) is 0 Å². The van der Waals surface area contributed by atoms with Crippen molar-refractivity contribution in [3.8, 4) is 0 Å². The molecule has 0 aromatic carbocycles. The Bertz CT molecular complexity index is 250. The lowest BCUT2D eigenvalue weighted by Gasteiger charge is -2.28. The van der Waals surface area contributed by atoms with Crippen LogP contribution in [0.1, 0.15) is 85.0 Å². The molecule has 0 saturated carbocycles. The van der Waals surface area contributed by atoms with Gasteiger partial charge in [0, 0.05) is 25.5 Å². The van der Waals surface area contributed by atoms with Crippen LogP contribution in [0.15, 0.2) is 12.4 Å². The minimum atomic E-state index is 0.568. The number of rotatable bonds is 12. The fraction of sp³-hybridized carbons (Fsp3) is 0.889. The molecule has 1 aliphatic rings. The van der Waals surface area contributed by atoms with Gasteiger partial charge in [-0.2, -0.15) is 0 Å². The van der Waals surface area contributed by atoms with Crippen molar-refractivity contribution in [3.05, 3.63) is 12.4 Å². The van der Waals surface area contributed by atoms with E-state index in [0.717, 1.165) is 6.54 Å². The summed E-state index contributed by atoms with van der Waals surface area (Å²) in [5.41, 5.74) is 0. The first-order chi connectivity index (χ1) is 9.79. The maximum Gasteiger partial charge on any atom is 0.0977 e. The summed E-state index contributed by atoms with van der Waals surface area (Å²) in [4.78, 5) is 4.88. The predicted molar refractivity (Wildman–Crippen MR) is 89.5 cm³/mol. The van der Waals surface area contributed by atoms with E-state index in [2.05, 4.69) is 43.0 Å². The Labute approximate surface area is 127 Å². The summed E-state index contributed by atoms with van der Waals surface area (Å²) >= 11 is 0. The fourth-order valence-electron chi connectivity index (χ4n) is 3.02. The Morgan fingerprint density at radius 1 is 0.700 bits per heavy atom. The summed E-state index contributed by atoms with van der Waals surface area (Å²) in [5.74, 6) is 0. The molecule has 0 bridgehead atoms. The van der Waals surface area contributed by atoms with E-state index in [-0.39, 0.29) is 0 Å². The largest absolute Gasteiger partial charge is 0.357 e. The molecule has 1 rings (SSSR count). The maximum absolute atomic E-state index is 2.48. The molecule has 1 atom stereocenters. The van der Waals surface area contributed by atoms with Gasteiger partial charge in [-0.3, -0.25) is 0 Å². The molecule has 0 aromatic rings. The third-order valence-corrected chi connectivity index (χ3v) is 4.54. The lowest BCUT2D eigenvalue weighted by atomic mass is 10.1. The van der Waals surface area contributed by atoms with Crippen LogP contribution in [-0.2, 0) is 0 Å². The third kappa shape index (κ3) is 6.67. The van der Waals surface area contributed by atoms with Crippen LogP contribution < -0.4 is 0 Å². The molecule has 1 heterocycles. The average molecular weight is 280 g/mol. The first kappa shape index (κ1) is 17.4. The van der Waals surface area contributed by atoms with Gasteiger partial charge in [-0.25, -0.2) is 0 Å². The Morgan fingerprint density at radius 2 is 1.20 bits per heavy atom. The van der Waals surface area contributed by atoms with E-state index >= 15 is 0 Å². The molecule has 1 unspecified atom stereocenters. The maximum atomic E-state index is 2.48. The first-order valence-electron chi connectivity index (χ1n) is 8.99. The van der Waals surface area contributed by atoms with E-state index in [9.17, 15) is 0 Å². The zero-order chi connectivity index (χ0) is 14.6. The highest BCUT2D eigenvalue weighted by Crippen LogP contribution is 2.16. The van der Waals surface area contributed by atoms with Crippen LogP contribution in [-0.4, -0.2) is 29.1 Å². The van der Waals surface area contributed by atoms with Gasteiger partial charge < -0.3 is 9.80 Å². The van der Waals surface area contributed by atoms with Crippen LogP contribution in [0.25, 0.3) is 0 Å². The van der Waals surface area contributed by atoms with Crippen LogP contribution in [0.4, 0.5) is 0 Å². The quantitative estimate of drug-likeness (QED) is 0.444. The summed E-state index contributed by atoms with van der Waals surface area (Å²) in [7, 11) is 0. The van der Waals surface area contributed by atoms with Gasteiger partial charge in [0.05, 0.1) is 6.17 Å². The number of unbranched alkanes of at least 4 members (excludes halogenated alkanes) is 9. The van der Waals surface area contributed by atoms with Gasteiger partial charge in [0.25, 0.3) is 0 Å². The van der Waals surface area contributed by atoms with Gasteiger partial charge in [-0.1, -0.05) is 64.7 Å². The normalized spacial score (nSPS) is 18.2. The Hall–Kier alpha value is -0.660. The summed E-state index contributed by atoms with van der Waals surface area (Å²) in [6.45, 7) is 9.16. The van der Waals surface area contributed by atoms with Crippen molar-refractivity contribution >= 4 is 0 Å². The minimum absolute atomic E-state index is 0.568. The van der Waals surface area contributed by atoms with Gasteiger partial charge in [0.1, 0.15) is 0 Å². The average Bonchev–Trinajstić information content (AvgIpc) is 2.81. The van der Waals surface area contributed by atoms with Crippen molar-refractivity contribution in [2.45, 2.75) is 91.1 Å². The van der Waals surface area contributed by atoms with Crippen molar-refractivity contribution in [2.24, 2.45) is 0 Å². The molecule has 0 aromatic heterocycles. The van der Waals surface area contributed by atoms with E-state index in [0.29, 0.717) is 6.17 Å². The van der Waals surface area contributed by atoms with E-state index in [1.807, 2.05) is 0 Å². The molecule has 20 heavy (non-hydrogen) atoms. The summed E-state index contributed by atoms with van der Waals surface area (Å²) in [6, 6.07) is 0. The van der Waals surface area contributed by atoms with Gasteiger partial charge in [-0.05, 0) is 20.3 Å². The lowest BCUT2D eigenvalue weighted by Crippen LogP contribution is -2.36. The molecule has 0 spiro atoms. The topological polar surface area (TPSA) is 6.48 Å². The Balaban J connectivity index is 1.87. The highest BCUT2D eigenvalue weighted by atomic mass is 15.4. The molecule has 0 N–H and O–H groups in total. The highest BCUT2D eigenvalue weighted by molar-refractivity contribution is 4.94. The summed E-state index contributed by atoms with van der Waals surface area (Å²) in [5, 5.41) is 0. The van der Waals surface area contributed by atoms with E-state index in [1.54, 1.807) is 0 Å². The van der Waals surface area contributed by atoms with Crippen LogP contribution in [0, 0.1) is 0 Å². The minimum Gasteiger partial charge on any atom is -0.357 e. The first-order valence-corrected chi connectivity index (χ1v) is 8.99. The predicted octanol–water partition coefficient (Wildman–Crippen LogP) is 5.36. The number of nitrogens with zero attached hydrogens (tertiary/aromatic N) is 2. The molecule has 118 valence electrons. The lowest BCUT2D eigenvalue weighted by molar-refractivity contribution is 0.173. The second-order valence-electron chi connectivity index (χ2n) is 6.18. The molecular weight excluding hydrogens is 244 g/mol. The van der Waals surface area contributed by atoms with E-state index < -0.39 is 0 Å². The molecule has 0 aliphatic carbocycles. The molecule has 0 fully saturated rings. The number of hydrogen-bond donors (Lipinski definition) is 0. The van der Waals surface area contributed by atoms with E-state index in [4.69, 9.17) is 0 Å². The smallest absolute Gasteiger partial charge is 0.0977 e. The SMILES string of the molecule is CCCCCCCCCCCCN1C=CN(CC)C1C. The zero-order valence-electron chi connectivity index (χ0n) is 14.1. The second-order valence-corrected chi connectivity index (χ2v) is 6.18. The Morgan fingerprint density at radius 3 is 1.70 bits per heavy atom. The second kappa shape index (κ2) is 11.0. The number of hydrogen-bond acceptors (Lipinski definition) is 2. The van der Waals surface area contributed by atoms with Crippen LogP contribution in [0.3, 0.4) is 0 Å². The van der Waals surface area contributed by atoms with Crippen molar-refractivity contribution in [2.75, 3.05) is 13.1 Å². The van der Waals surface area contributed by atoms with Crippen molar-refractivity contribution in [1.29, 1.82) is 0 Å². The van der Waals surface area contributed by atoms with E-state index in [1.165, 1.54) is 70.8 Å². The van der Waals surface area contributed by atoms with Crippen LogP contribution >= 0.6 is 0 Å². The summed E-state index contributed by atoms with van der Waals surface area (Å²) < 4.78 is 0. The Kier molecular flexibility index (Phi) is 9.61. The van der Waals surface area contributed by atoms with Crippen LogP contribution in [0.2, 0.25) is 0 Å². The molecule has 0 saturated heterocycles. The monoisotopic (exact) mass is 280 g/mol. The zero-order valence-corrected chi connectivity index (χ0v) is 14.1. The molecule has 2 nitrogen and oxygen atoms in total. The van der Waals surface area contributed by atoms with Crippen molar-refractivity contribution < 1.29 is 0 Å². The summed E-state index contributed by atoms with van der Waals surface area (Å²) in [6.07, 6.45) is 19.3. The third-order valence-electron chi connectivity index (χ3n) is 4.54.